The van der Waals surface area contributed by atoms with Crippen LogP contribution in [0, 0.1) is 0 Å². The van der Waals surface area contributed by atoms with Gasteiger partial charge in [-0.1, -0.05) is 6.42 Å². The molecule has 0 saturated carbocycles. The summed E-state index contributed by atoms with van der Waals surface area (Å²) in [5.74, 6) is 0.444. The smallest absolute Gasteiger partial charge is 0.251 e. The topological polar surface area (TPSA) is 78.9 Å². The summed E-state index contributed by atoms with van der Waals surface area (Å²) in [4.78, 5) is 15.1. The Hall–Kier alpha value is -2.58. The molecule has 0 aromatic heterocycles. The molecule has 0 bridgehead atoms. The summed E-state index contributed by atoms with van der Waals surface area (Å²) in [6, 6.07) is 14.2. The van der Waals surface area contributed by atoms with Crippen molar-refractivity contribution in [3.63, 3.8) is 0 Å². The second-order valence-electron chi connectivity index (χ2n) is 8.64. The number of amides is 1. The molecule has 2 aliphatic heterocycles. The van der Waals surface area contributed by atoms with Crippen LogP contribution in [-0.2, 0) is 10.0 Å². The average Bonchev–Trinajstić information content (AvgIpc) is 2.88. The van der Waals surface area contributed by atoms with E-state index in [1.165, 1.54) is 24.9 Å². The monoisotopic (exact) mass is 471 g/mol. The molecule has 1 amide bonds. The summed E-state index contributed by atoms with van der Waals surface area (Å²) in [5, 5.41) is 2.87. The van der Waals surface area contributed by atoms with E-state index in [2.05, 4.69) is 10.2 Å². The van der Waals surface area contributed by atoms with Gasteiger partial charge in [-0.05, 0) is 80.6 Å². The van der Waals surface area contributed by atoms with Gasteiger partial charge in [0.05, 0.1) is 11.4 Å². The molecule has 0 unspecified atom stereocenters. The van der Waals surface area contributed by atoms with E-state index < -0.39 is 10.0 Å². The Kier molecular flexibility index (Phi) is 7.88. The number of ether oxygens (including phenoxy) is 1. The summed E-state index contributed by atoms with van der Waals surface area (Å²) in [7, 11) is -3.44. The first kappa shape index (κ1) is 23.6. The van der Waals surface area contributed by atoms with Gasteiger partial charge in [-0.15, -0.1) is 0 Å². The molecule has 2 aromatic carbocycles. The Morgan fingerprint density at radius 1 is 0.818 bits per heavy atom. The van der Waals surface area contributed by atoms with Crippen molar-refractivity contribution < 1.29 is 17.9 Å². The summed E-state index contributed by atoms with van der Waals surface area (Å²) in [6.07, 6.45) is 6.64. The van der Waals surface area contributed by atoms with Crippen LogP contribution in [0.5, 0.6) is 5.75 Å². The molecule has 0 spiro atoms. The van der Waals surface area contributed by atoms with Crippen LogP contribution < -0.4 is 15.0 Å². The minimum atomic E-state index is -3.44. The van der Waals surface area contributed by atoms with Crippen LogP contribution in [0.25, 0.3) is 0 Å². The van der Waals surface area contributed by atoms with Crippen LogP contribution in [0.4, 0.5) is 5.69 Å². The van der Waals surface area contributed by atoms with Crippen LogP contribution in [-0.4, -0.2) is 58.0 Å². The Balaban J connectivity index is 1.22. The Labute approximate surface area is 196 Å². The molecule has 7 nitrogen and oxygen atoms in total. The average molecular weight is 472 g/mol. The Morgan fingerprint density at radius 2 is 1.42 bits per heavy atom. The lowest BCUT2D eigenvalue weighted by Crippen LogP contribution is -2.35. The summed E-state index contributed by atoms with van der Waals surface area (Å²) < 4.78 is 32.7. The maximum absolute atomic E-state index is 12.7. The number of hydrogen-bond donors (Lipinski definition) is 1. The third-order valence-corrected chi connectivity index (χ3v) is 8.20. The van der Waals surface area contributed by atoms with Crippen molar-refractivity contribution in [1.29, 1.82) is 0 Å². The first-order valence-electron chi connectivity index (χ1n) is 11.9. The lowest BCUT2D eigenvalue weighted by molar-refractivity contribution is 0.0947. The molecule has 33 heavy (non-hydrogen) atoms. The van der Waals surface area contributed by atoms with Crippen LogP contribution in [0.3, 0.4) is 0 Å². The normalized spacial score (nSPS) is 17.5. The summed E-state index contributed by atoms with van der Waals surface area (Å²) >= 11 is 0. The maximum Gasteiger partial charge on any atom is 0.251 e. The van der Waals surface area contributed by atoms with E-state index in [1.54, 1.807) is 28.6 Å². The zero-order chi connectivity index (χ0) is 23.1. The number of hydrogen-bond acceptors (Lipinski definition) is 5. The van der Waals surface area contributed by atoms with Crippen molar-refractivity contribution >= 4 is 21.6 Å². The molecular weight excluding hydrogens is 438 g/mol. The van der Waals surface area contributed by atoms with E-state index in [4.69, 9.17) is 4.74 Å². The van der Waals surface area contributed by atoms with E-state index in [0.717, 1.165) is 32.4 Å². The van der Waals surface area contributed by atoms with Crippen molar-refractivity contribution in [2.45, 2.75) is 43.4 Å². The number of piperidine rings is 2. The van der Waals surface area contributed by atoms with Gasteiger partial charge in [0.2, 0.25) is 10.0 Å². The van der Waals surface area contributed by atoms with Gasteiger partial charge < -0.3 is 15.0 Å². The minimum Gasteiger partial charge on any atom is -0.492 e. The van der Waals surface area contributed by atoms with Gasteiger partial charge in [0, 0.05) is 37.4 Å². The largest absolute Gasteiger partial charge is 0.492 e. The number of rotatable bonds is 8. The number of anilines is 1. The van der Waals surface area contributed by atoms with E-state index in [-0.39, 0.29) is 10.8 Å². The molecule has 2 heterocycles. The fourth-order valence-corrected chi connectivity index (χ4v) is 5.89. The predicted molar refractivity (Wildman–Crippen MR) is 129 cm³/mol. The molecular formula is C25H33N3O4S. The minimum absolute atomic E-state index is 0.133. The van der Waals surface area contributed by atoms with Crippen LogP contribution in [0.15, 0.2) is 53.4 Å². The first-order valence-corrected chi connectivity index (χ1v) is 13.3. The predicted octanol–water partition coefficient (Wildman–Crippen LogP) is 3.66. The van der Waals surface area contributed by atoms with E-state index in [1.807, 2.05) is 24.3 Å². The number of carbonyl (C=O) groups is 1. The van der Waals surface area contributed by atoms with Gasteiger partial charge in [-0.25, -0.2) is 8.42 Å². The van der Waals surface area contributed by atoms with Crippen LogP contribution in [0.1, 0.15) is 48.9 Å². The van der Waals surface area contributed by atoms with E-state index >= 15 is 0 Å². The van der Waals surface area contributed by atoms with Crippen molar-refractivity contribution in [2.24, 2.45) is 0 Å². The molecule has 0 aliphatic carbocycles. The number of sulfonamides is 1. The molecule has 2 aliphatic rings. The molecule has 2 aromatic rings. The van der Waals surface area contributed by atoms with Gasteiger partial charge in [-0.2, -0.15) is 4.31 Å². The molecule has 0 atom stereocenters. The summed E-state index contributed by atoms with van der Waals surface area (Å²) in [5.41, 5.74) is 1.79. The SMILES string of the molecule is O=C(NCCOc1ccc(S(=O)(=O)N2CCCCC2)cc1)c1ccc(N2CCCCC2)cc1. The quantitative estimate of drug-likeness (QED) is 0.595. The fraction of sp³-hybridized carbons (Fsp3) is 0.480. The van der Waals surface area contributed by atoms with Crippen molar-refractivity contribution in [1.82, 2.24) is 9.62 Å². The molecule has 0 radical (unpaired) electrons. The fourth-order valence-electron chi connectivity index (χ4n) is 4.37. The molecule has 2 fully saturated rings. The molecule has 2 saturated heterocycles. The van der Waals surface area contributed by atoms with Crippen molar-refractivity contribution in [3.05, 3.63) is 54.1 Å². The molecule has 178 valence electrons. The first-order chi connectivity index (χ1) is 16.0. The number of benzene rings is 2. The van der Waals surface area contributed by atoms with Crippen LogP contribution >= 0.6 is 0 Å². The molecule has 1 N–H and O–H groups in total. The highest BCUT2D eigenvalue weighted by Gasteiger charge is 2.25. The van der Waals surface area contributed by atoms with Gasteiger partial charge in [0.1, 0.15) is 12.4 Å². The zero-order valence-electron chi connectivity index (χ0n) is 19.0. The van der Waals surface area contributed by atoms with E-state index in [9.17, 15) is 13.2 Å². The van der Waals surface area contributed by atoms with Crippen LogP contribution in [0.2, 0.25) is 0 Å². The summed E-state index contributed by atoms with van der Waals surface area (Å²) in [6.45, 7) is 3.99. The highest BCUT2D eigenvalue weighted by atomic mass is 32.2. The highest BCUT2D eigenvalue weighted by Crippen LogP contribution is 2.23. The van der Waals surface area contributed by atoms with Gasteiger partial charge in [0.25, 0.3) is 5.91 Å². The molecule has 4 rings (SSSR count). The zero-order valence-corrected chi connectivity index (χ0v) is 19.9. The molecule has 8 heteroatoms. The second kappa shape index (κ2) is 11.0. The lowest BCUT2D eigenvalue weighted by Gasteiger charge is -2.28. The lowest BCUT2D eigenvalue weighted by atomic mass is 10.1. The Morgan fingerprint density at radius 3 is 2.06 bits per heavy atom. The second-order valence-corrected chi connectivity index (χ2v) is 10.6. The third-order valence-electron chi connectivity index (χ3n) is 6.28. The third kappa shape index (κ3) is 6.06. The number of carbonyl (C=O) groups excluding carboxylic acids is 1. The van der Waals surface area contributed by atoms with Crippen molar-refractivity contribution in [3.8, 4) is 5.75 Å². The van der Waals surface area contributed by atoms with Gasteiger partial charge >= 0.3 is 0 Å². The van der Waals surface area contributed by atoms with E-state index in [0.29, 0.717) is 37.6 Å². The highest BCUT2D eigenvalue weighted by molar-refractivity contribution is 7.89. The van der Waals surface area contributed by atoms with Gasteiger partial charge in [-0.3, -0.25) is 4.79 Å². The van der Waals surface area contributed by atoms with Gasteiger partial charge in [0.15, 0.2) is 0 Å². The Bertz CT molecular complexity index is 1010. The number of nitrogens with zero attached hydrogens (tertiary/aromatic N) is 2. The number of nitrogens with one attached hydrogen (secondary N) is 1. The standard InChI is InChI=1S/C25H33N3O4S/c29-25(21-7-9-22(10-8-21)27-16-3-1-4-17-27)26-15-20-32-23-11-13-24(14-12-23)33(30,31)28-18-5-2-6-19-28/h7-14H,1-6,15-20H2,(H,26,29). The van der Waals surface area contributed by atoms with Crippen molar-refractivity contribution in [2.75, 3.05) is 44.2 Å². The maximum atomic E-state index is 12.7.